The van der Waals surface area contributed by atoms with Gasteiger partial charge in [0, 0.05) is 22.5 Å². The third-order valence-corrected chi connectivity index (χ3v) is 9.25. The third-order valence-electron chi connectivity index (χ3n) is 9.25. The molecule has 216 valence electrons. The molecule has 0 spiro atoms. The van der Waals surface area contributed by atoms with Gasteiger partial charge in [-0.3, -0.25) is 0 Å². The van der Waals surface area contributed by atoms with Gasteiger partial charge >= 0.3 is 0 Å². The van der Waals surface area contributed by atoms with E-state index in [1.54, 1.807) is 0 Å². The molecular formula is C43H39N. The zero-order chi connectivity index (χ0) is 30.5. The van der Waals surface area contributed by atoms with E-state index in [-0.39, 0.29) is 10.8 Å². The minimum absolute atomic E-state index is 0.0789. The van der Waals surface area contributed by atoms with E-state index in [0.29, 0.717) is 0 Å². The van der Waals surface area contributed by atoms with Crippen molar-refractivity contribution in [1.29, 1.82) is 0 Å². The van der Waals surface area contributed by atoms with Gasteiger partial charge in [-0.25, -0.2) is 0 Å². The fourth-order valence-electron chi connectivity index (χ4n) is 6.78. The van der Waals surface area contributed by atoms with Gasteiger partial charge in [-0.2, -0.15) is 0 Å². The Morgan fingerprint density at radius 1 is 0.455 bits per heavy atom. The lowest BCUT2D eigenvalue weighted by Gasteiger charge is -2.28. The van der Waals surface area contributed by atoms with Crippen molar-refractivity contribution in [3.05, 3.63) is 162 Å². The van der Waals surface area contributed by atoms with Crippen LogP contribution in [-0.4, -0.2) is 0 Å². The summed E-state index contributed by atoms with van der Waals surface area (Å²) in [5, 5.41) is 0. The van der Waals surface area contributed by atoms with Crippen molar-refractivity contribution in [2.24, 2.45) is 0 Å². The van der Waals surface area contributed by atoms with Gasteiger partial charge in [-0.15, -0.1) is 0 Å². The molecule has 1 aliphatic rings. The molecule has 0 fully saturated rings. The van der Waals surface area contributed by atoms with E-state index < -0.39 is 0 Å². The van der Waals surface area contributed by atoms with Gasteiger partial charge < -0.3 is 4.90 Å². The summed E-state index contributed by atoms with van der Waals surface area (Å²) in [6, 6.07) is 53.4. The second kappa shape index (κ2) is 10.7. The lowest BCUT2D eigenvalue weighted by atomic mass is 9.82. The van der Waals surface area contributed by atoms with Crippen LogP contribution in [-0.2, 0) is 10.8 Å². The van der Waals surface area contributed by atoms with Crippen LogP contribution in [0.1, 0.15) is 51.3 Å². The highest BCUT2D eigenvalue weighted by molar-refractivity contribution is 5.94. The fraction of sp³-hybridized carbons (Fsp3) is 0.163. The predicted octanol–water partition coefficient (Wildman–Crippen LogP) is 12.1. The molecule has 0 aromatic heterocycles. The predicted molar refractivity (Wildman–Crippen MR) is 188 cm³/mol. The highest BCUT2D eigenvalue weighted by Crippen LogP contribution is 2.53. The van der Waals surface area contributed by atoms with E-state index in [1.165, 1.54) is 50.1 Å². The van der Waals surface area contributed by atoms with E-state index >= 15 is 0 Å². The topological polar surface area (TPSA) is 3.24 Å². The van der Waals surface area contributed by atoms with Crippen molar-refractivity contribution in [2.75, 3.05) is 4.90 Å². The number of hydrogen-bond acceptors (Lipinski definition) is 1. The molecule has 0 N–H and O–H groups in total. The van der Waals surface area contributed by atoms with Crippen molar-refractivity contribution in [2.45, 2.75) is 45.4 Å². The van der Waals surface area contributed by atoms with Crippen molar-refractivity contribution >= 4 is 17.1 Å². The molecule has 6 aromatic rings. The summed E-state index contributed by atoms with van der Waals surface area (Å²) in [5.41, 5.74) is 15.2. The highest BCUT2D eigenvalue weighted by Gasteiger charge is 2.37. The zero-order valence-corrected chi connectivity index (χ0v) is 26.3. The molecule has 7 rings (SSSR count). The SMILES string of the molecule is CC(C)(C)c1ccc(N(c2ccc(-c3ccccc3)cc2)c2ccc3c(c2)-c2c(-c4ccccc4)cccc2C3(C)C)cc1. The van der Waals surface area contributed by atoms with Gasteiger partial charge in [0.2, 0.25) is 0 Å². The quantitative estimate of drug-likeness (QED) is 0.200. The van der Waals surface area contributed by atoms with Crippen LogP contribution in [0.25, 0.3) is 33.4 Å². The van der Waals surface area contributed by atoms with Crippen LogP contribution < -0.4 is 4.90 Å². The van der Waals surface area contributed by atoms with Crippen molar-refractivity contribution in [3.8, 4) is 33.4 Å². The van der Waals surface area contributed by atoms with Crippen LogP contribution in [0.2, 0.25) is 0 Å². The summed E-state index contributed by atoms with van der Waals surface area (Å²) in [6.45, 7) is 11.5. The summed E-state index contributed by atoms with van der Waals surface area (Å²) in [5.74, 6) is 0. The van der Waals surface area contributed by atoms with E-state index in [0.717, 1.165) is 17.1 Å². The molecule has 1 aliphatic carbocycles. The largest absolute Gasteiger partial charge is 0.310 e. The molecule has 0 saturated carbocycles. The van der Waals surface area contributed by atoms with Crippen molar-refractivity contribution in [3.63, 3.8) is 0 Å². The molecule has 0 amide bonds. The normalized spacial score (nSPS) is 13.3. The Hall–Kier alpha value is -4.88. The van der Waals surface area contributed by atoms with E-state index in [2.05, 4.69) is 185 Å². The number of nitrogens with zero attached hydrogens (tertiary/aromatic N) is 1. The number of fused-ring (bicyclic) bond motifs is 3. The molecule has 44 heavy (non-hydrogen) atoms. The van der Waals surface area contributed by atoms with Crippen LogP contribution >= 0.6 is 0 Å². The Balaban J connectivity index is 1.40. The van der Waals surface area contributed by atoms with Crippen LogP contribution in [0.5, 0.6) is 0 Å². The number of anilines is 3. The Labute approximate surface area is 262 Å². The maximum absolute atomic E-state index is 2.41. The fourth-order valence-corrected chi connectivity index (χ4v) is 6.78. The number of rotatable bonds is 5. The molecule has 0 atom stereocenters. The van der Waals surface area contributed by atoms with E-state index in [4.69, 9.17) is 0 Å². The summed E-state index contributed by atoms with van der Waals surface area (Å²) < 4.78 is 0. The van der Waals surface area contributed by atoms with Crippen LogP contribution in [0.4, 0.5) is 17.1 Å². The average molecular weight is 570 g/mol. The smallest absolute Gasteiger partial charge is 0.0468 e. The van der Waals surface area contributed by atoms with Crippen molar-refractivity contribution < 1.29 is 0 Å². The maximum atomic E-state index is 2.41. The number of benzene rings is 6. The molecular weight excluding hydrogens is 530 g/mol. The second-order valence-electron chi connectivity index (χ2n) is 13.5. The monoisotopic (exact) mass is 569 g/mol. The van der Waals surface area contributed by atoms with Crippen LogP contribution in [0.15, 0.2) is 146 Å². The first-order chi connectivity index (χ1) is 21.2. The molecule has 0 bridgehead atoms. The van der Waals surface area contributed by atoms with Crippen molar-refractivity contribution in [1.82, 2.24) is 0 Å². The maximum Gasteiger partial charge on any atom is 0.0468 e. The molecule has 1 nitrogen and oxygen atoms in total. The van der Waals surface area contributed by atoms with Gasteiger partial charge in [-0.05, 0) is 91.9 Å². The van der Waals surface area contributed by atoms with Gasteiger partial charge in [0.15, 0.2) is 0 Å². The summed E-state index contributed by atoms with van der Waals surface area (Å²) in [6.07, 6.45) is 0. The standard InChI is InChI=1S/C43H39N/c1-42(2,3)33-21-25-35(26-22-33)44(34-23-19-31(20-24-34)30-13-8-6-9-14-30)36-27-28-39-38(29-36)41-37(32-15-10-7-11-16-32)17-12-18-40(41)43(39,4)5/h6-29H,1-5H3. The molecule has 6 aromatic carbocycles. The Morgan fingerprint density at radius 2 is 1.00 bits per heavy atom. The highest BCUT2D eigenvalue weighted by atomic mass is 15.1. The lowest BCUT2D eigenvalue weighted by Crippen LogP contribution is -2.15. The molecule has 0 heterocycles. The first-order valence-corrected chi connectivity index (χ1v) is 15.6. The van der Waals surface area contributed by atoms with Gasteiger partial charge in [0.1, 0.15) is 0 Å². The van der Waals surface area contributed by atoms with Crippen LogP contribution in [0.3, 0.4) is 0 Å². The molecule has 1 heteroatoms. The summed E-state index contributed by atoms with van der Waals surface area (Å²) in [7, 11) is 0. The minimum atomic E-state index is -0.0789. The molecule has 0 saturated heterocycles. The second-order valence-corrected chi connectivity index (χ2v) is 13.5. The molecule has 0 radical (unpaired) electrons. The summed E-state index contributed by atoms with van der Waals surface area (Å²) >= 11 is 0. The minimum Gasteiger partial charge on any atom is -0.310 e. The lowest BCUT2D eigenvalue weighted by molar-refractivity contribution is 0.590. The summed E-state index contributed by atoms with van der Waals surface area (Å²) in [4.78, 5) is 2.40. The Kier molecular flexibility index (Phi) is 6.78. The van der Waals surface area contributed by atoms with E-state index in [1.807, 2.05) is 0 Å². The van der Waals surface area contributed by atoms with E-state index in [9.17, 15) is 0 Å². The van der Waals surface area contributed by atoms with Gasteiger partial charge in [-0.1, -0.05) is 144 Å². The third kappa shape index (κ3) is 4.83. The Morgan fingerprint density at radius 3 is 1.61 bits per heavy atom. The Bertz CT molecular complexity index is 1920. The average Bonchev–Trinajstić information content (AvgIpc) is 3.28. The number of hydrogen-bond donors (Lipinski definition) is 0. The van der Waals surface area contributed by atoms with Gasteiger partial charge in [0.25, 0.3) is 0 Å². The van der Waals surface area contributed by atoms with Gasteiger partial charge in [0.05, 0.1) is 0 Å². The zero-order valence-electron chi connectivity index (χ0n) is 26.3. The first-order valence-electron chi connectivity index (χ1n) is 15.6. The first kappa shape index (κ1) is 27.9. The van der Waals surface area contributed by atoms with Crippen LogP contribution in [0, 0.1) is 0 Å². The molecule has 0 unspecified atom stereocenters. The molecule has 0 aliphatic heterocycles.